The number of aromatic nitrogens is 1. The summed E-state index contributed by atoms with van der Waals surface area (Å²) in [6.45, 7) is 1.91. The fourth-order valence-corrected chi connectivity index (χ4v) is 1.95. The van der Waals surface area contributed by atoms with E-state index in [4.69, 9.17) is 11.6 Å². The summed E-state index contributed by atoms with van der Waals surface area (Å²) in [5, 5.41) is 2.92. The zero-order valence-corrected chi connectivity index (χ0v) is 11.4. The molecule has 1 atom stereocenters. The molecule has 1 aromatic heterocycles. The summed E-state index contributed by atoms with van der Waals surface area (Å²) in [5.41, 5.74) is 2.38. The molecule has 4 heteroatoms. The van der Waals surface area contributed by atoms with Crippen molar-refractivity contribution < 1.29 is 4.79 Å². The molecular weight excluding hydrogens is 260 g/mol. The van der Waals surface area contributed by atoms with Crippen LogP contribution in [-0.4, -0.2) is 10.9 Å². The standard InChI is InChI=1S/C15H15ClN2O/c1-11(14-7-2-3-8-17-14)18-15(19)13-6-4-5-12(9-13)10-16/h2-9,11H,10H2,1H3,(H,18,19)/t11-/m0/s1. The predicted molar refractivity (Wildman–Crippen MR) is 76.1 cm³/mol. The third-order valence-electron chi connectivity index (χ3n) is 2.82. The lowest BCUT2D eigenvalue weighted by Gasteiger charge is -2.13. The highest BCUT2D eigenvalue weighted by atomic mass is 35.5. The number of nitrogens with one attached hydrogen (secondary N) is 1. The lowest BCUT2D eigenvalue weighted by atomic mass is 10.1. The summed E-state index contributed by atoms with van der Waals surface area (Å²) in [7, 11) is 0. The average molecular weight is 275 g/mol. The van der Waals surface area contributed by atoms with E-state index in [0.29, 0.717) is 11.4 Å². The van der Waals surface area contributed by atoms with Crippen molar-refractivity contribution in [2.45, 2.75) is 18.8 Å². The zero-order chi connectivity index (χ0) is 13.7. The monoisotopic (exact) mass is 274 g/mol. The number of benzene rings is 1. The van der Waals surface area contributed by atoms with Crippen LogP contribution in [0.15, 0.2) is 48.7 Å². The Morgan fingerprint density at radius 2 is 2.16 bits per heavy atom. The molecule has 1 aromatic carbocycles. The van der Waals surface area contributed by atoms with Crippen molar-refractivity contribution in [1.82, 2.24) is 10.3 Å². The Balaban J connectivity index is 2.08. The SMILES string of the molecule is C[C@H](NC(=O)c1cccc(CCl)c1)c1ccccn1. The lowest BCUT2D eigenvalue weighted by Crippen LogP contribution is -2.27. The van der Waals surface area contributed by atoms with Gasteiger partial charge in [0, 0.05) is 17.6 Å². The second kappa shape index (κ2) is 6.34. The Bertz CT molecular complexity index is 557. The predicted octanol–water partition coefficient (Wildman–Crippen LogP) is 3.31. The fourth-order valence-electron chi connectivity index (χ4n) is 1.78. The van der Waals surface area contributed by atoms with Crippen LogP contribution in [0.3, 0.4) is 0 Å². The van der Waals surface area contributed by atoms with Gasteiger partial charge in [-0.05, 0) is 36.8 Å². The summed E-state index contributed by atoms with van der Waals surface area (Å²) in [4.78, 5) is 16.3. The van der Waals surface area contributed by atoms with Crippen LogP contribution in [0.2, 0.25) is 0 Å². The summed E-state index contributed by atoms with van der Waals surface area (Å²) >= 11 is 5.76. The summed E-state index contributed by atoms with van der Waals surface area (Å²) in [6.07, 6.45) is 1.71. The highest BCUT2D eigenvalue weighted by Crippen LogP contribution is 2.11. The lowest BCUT2D eigenvalue weighted by molar-refractivity contribution is 0.0939. The van der Waals surface area contributed by atoms with Gasteiger partial charge >= 0.3 is 0 Å². The third kappa shape index (κ3) is 3.55. The van der Waals surface area contributed by atoms with E-state index in [2.05, 4.69) is 10.3 Å². The number of carbonyl (C=O) groups is 1. The van der Waals surface area contributed by atoms with Gasteiger partial charge in [0.15, 0.2) is 0 Å². The number of amides is 1. The molecule has 19 heavy (non-hydrogen) atoms. The summed E-state index contributed by atoms with van der Waals surface area (Å²) in [5.74, 6) is 0.279. The smallest absolute Gasteiger partial charge is 0.251 e. The maximum atomic E-state index is 12.1. The normalized spacial score (nSPS) is 11.9. The molecule has 0 saturated heterocycles. The molecule has 0 spiro atoms. The van der Waals surface area contributed by atoms with Gasteiger partial charge < -0.3 is 5.32 Å². The van der Waals surface area contributed by atoms with Crippen molar-refractivity contribution in [3.63, 3.8) is 0 Å². The molecule has 0 radical (unpaired) electrons. The number of nitrogens with zero attached hydrogens (tertiary/aromatic N) is 1. The Morgan fingerprint density at radius 1 is 1.32 bits per heavy atom. The molecule has 0 aliphatic carbocycles. The van der Waals surface area contributed by atoms with Gasteiger partial charge in [-0.2, -0.15) is 0 Å². The summed E-state index contributed by atoms with van der Waals surface area (Å²) in [6, 6.07) is 12.8. The van der Waals surface area contributed by atoms with Crippen LogP contribution in [0.25, 0.3) is 0 Å². The Labute approximate surface area is 117 Å². The van der Waals surface area contributed by atoms with E-state index in [1.165, 1.54) is 0 Å². The first-order chi connectivity index (χ1) is 9.20. The van der Waals surface area contributed by atoms with E-state index in [1.807, 2.05) is 37.3 Å². The minimum absolute atomic E-state index is 0.120. The highest BCUT2D eigenvalue weighted by molar-refractivity contribution is 6.17. The zero-order valence-electron chi connectivity index (χ0n) is 10.6. The molecule has 3 nitrogen and oxygen atoms in total. The molecule has 0 bridgehead atoms. The number of hydrogen-bond donors (Lipinski definition) is 1. The van der Waals surface area contributed by atoms with Crippen LogP contribution in [0.5, 0.6) is 0 Å². The Morgan fingerprint density at radius 3 is 2.84 bits per heavy atom. The quantitative estimate of drug-likeness (QED) is 0.869. The van der Waals surface area contributed by atoms with E-state index in [-0.39, 0.29) is 11.9 Å². The van der Waals surface area contributed by atoms with E-state index in [1.54, 1.807) is 18.3 Å². The van der Waals surface area contributed by atoms with Crippen LogP contribution < -0.4 is 5.32 Å². The van der Waals surface area contributed by atoms with Crippen LogP contribution in [0, 0.1) is 0 Å². The number of pyridine rings is 1. The second-order valence-corrected chi connectivity index (χ2v) is 4.55. The molecule has 1 heterocycles. The number of carbonyl (C=O) groups excluding carboxylic acids is 1. The highest BCUT2D eigenvalue weighted by Gasteiger charge is 2.12. The van der Waals surface area contributed by atoms with Crippen molar-refractivity contribution in [2.24, 2.45) is 0 Å². The van der Waals surface area contributed by atoms with Crippen LogP contribution in [-0.2, 0) is 5.88 Å². The van der Waals surface area contributed by atoms with Gasteiger partial charge in [-0.3, -0.25) is 9.78 Å². The van der Waals surface area contributed by atoms with E-state index in [0.717, 1.165) is 11.3 Å². The van der Waals surface area contributed by atoms with Gasteiger partial charge in [-0.25, -0.2) is 0 Å². The molecule has 1 amide bonds. The number of hydrogen-bond acceptors (Lipinski definition) is 2. The minimum Gasteiger partial charge on any atom is -0.344 e. The maximum Gasteiger partial charge on any atom is 0.251 e. The van der Waals surface area contributed by atoms with Crippen molar-refractivity contribution in [3.05, 3.63) is 65.5 Å². The molecule has 2 rings (SSSR count). The first kappa shape index (κ1) is 13.6. The molecule has 98 valence electrons. The molecule has 0 aliphatic heterocycles. The topological polar surface area (TPSA) is 42.0 Å². The van der Waals surface area contributed by atoms with Crippen LogP contribution >= 0.6 is 11.6 Å². The van der Waals surface area contributed by atoms with Crippen LogP contribution in [0.4, 0.5) is 0 Å². The largest absolute Gasteiger partial charge is 0.344 e. The molecule has 2 aromatic rings. The molecule has 0 saturated carbocycles. The van der Waals surface area contributed by atoms with Gasteiger partial charge in [0.05, 0.1) is 11.7 Å². The number of halogens is 1. The van der Waals surface area contributed by atoms with Crippen LogP contribution in [0.1, 0.15) is 34.6 Å². The van der Waals surface area contributed by atoms with Crippen molar-refractivity contribution in [1.29, 1.82) is 0 Å². The fraction of sp³-hybridized carbons (Fsp3) is 0.200. The van der Waals surface area contributed by atoms with E-state index < -0.39 is 0 Å². The molecule has 1 N–H and O–H groups in total. The molecule has 0 unspecified atom stereocenters. The second-order valence-electron chi connectivity index (χ2n) is 4.28. The number of rotatable bonds is 4. The molecule has 0 aliphatic rings. The molecule has 0 fully saturated rings. The van der Waals surface area contributed by atoms with Gasteiger partial charge in [0.1, 0.15) is 0 Å². The van der Waals surface area contributed by atoms with Gasteiger partial charge in [-0.15, -0.1) is 11.6 Å². The van der Waals surface area contributed by atoms with Crippen molar-refractivity contribution >= 4 is 17.5 Å². The van der Waals surface area contributed by atoms with Gasteiger partial charge in [0.25, 0.3) is 5.91 Å². The Kier molecular flexibility index (Phi) is 4.53. The molecular formula is C15H15ClN2O. The first-order valence-electron chi connectivity index (χ1n) is 6.07. The Hall–Kier alpha value is -1.87. The maximum absolute atomic E-state index is 12.1. The number of alkyl halides is 1. The average Bonchev–Trinajstić information content (AvgIpc) is 2.48. The first-order valence-corrected chi connectivity index (χ1v) is 6.61. The summed E-state index contributed by atoms with van der Waals surface area (Å²) < 4.78 is 0. The van der Waals surface area contributed by atoms with Crippen molar-refractivity contribution in [3.8, 4) is 0 Å². The van der Waals surface area contributed by atoms with E-state index in [9.17, 15) is 4.79 Å². The minimum atomic E-state index is -0.131. The third-order valence-corrected chi connectivity index (χ3v) is 3.13. The van der Waals surface area contributed by atoms with Gasteiger partial charge in [-0.1, -0.05) is 18.2 Å². The van der Waals surface area contributed by atoms with Gasteiger partial charge in [0.2, 0.25) is 0 Å². The van der Waals surface area contributed by atoms with Crippen molar-refractivity contribution in [2.75, 3.05) is 0 Å². The van der Waals surface area contributed by atoms with E-state index >= 15 is 0 Å².